The lowest BCUT2D eigenvalue weighted by Crippen LogP contribution is -2.21. The summed E-state index contributed by atoms with van der Waals surface area (Å²) in [6.45, 7) is 0.264. The number of carbonyl (C=O) groups is 1. The molecule has 1 amide bonds. The number of carbonyl (C=O) groups excluding carboxylic acids is 1. The third-order valence-electron chi connectivity index (χ3n) is 1.90. The van der Waals surface area contributed by atoms with Crippen molar-refractivity contribution in [3.8, 4) is 0 Å². The molecule has 0 bridgehead atoms. The molecule has 0 saturated carbocycles. The molecule has 1 aromatic rings. The van der Waals surface area contributed by atoms with Crippen LogP contribution in [0.5, 0.6) is 0 Å². The van der Waals surface area contributed by atoms with Gasteiger partial charge in [0.25, 0.3) is 0 Å². The summed E-state index contributed by atoms with van der Waals surface area (Å²) in [5.41, 5.74) is 0.0684. The molecule has 0 heterocycles. The van der Waals surface area contributed by atoms with Crippen molar-refractivity contribution in [3.63, 3.8) is 0 Å². The fourth-order valence-electron chi connectivity index (χ4n) is 1.08. The molecule has 1 rings (SSSR count). The molecule has 0 radical (unpaired) electrons. The lowest BCUT2D eigenvalue weighted by atomic mass is 10.3. The van der Waals surface area contributed by atoms with E-state index in [0.29, 0.717) is 0 Å². The average Bonchev–Trinajstić information content (AvgIpc) is 2.24. The number of amides is 1. The predicted octanol–water partition coefficient (Wildman–Crippen LogP) is 1.51. The SMILES string of the molecule is CNC(=O)CCNc1cccc(F)c1F. The molecule has 0 spiro atoms. The molecule has 15 heavy (non-hydrogen) atoms. The molecule has 0 fully saturated rings. The van der Waals surface area contributed by atoms with Gasteiger partial charge in [-0.2, -0.15) is 0 Å². The van der Waals surface area contributed by atoms with Crippen LogP contribution in [-0.2, 0) is 4.79 Å². The van der Waals surface area contributed by atoms with Crippen molar-refractivity contribution in [1.29, 1.82) is 0 Å². The first kappa shape index (κ1) is 11.4. The third-order valence-corrected chi connectivity index (χ3v) is 1.90. The van der Waals surface area contributed by atoms with Gasteiger partial charge < -0.3 is 10.6 Å². The summed E-state index contributed by atoms with van der Waals surface area (Å²) in [5, 5.41) is 5.07. The highest BCUT2D eigenvalue weighted by Gasteiger charge is 2.06. The Morgan fingerprint density at radius 1 is 1.40 bits per heavy atom. The zero-order valence-corrected chi connectivity index (χ0v) is 8.31. The smallest absolute Gasteiger partial charge is 0.221 e. The Morgan fingerprint density at radius 2 is 2.13 bits per heavy atom. The summed E-state index contributed by atoms with van der Waals surface area (Å²) in [6, 6.07) is 3.86. The first-order valence-electron chi connectivity index (χ1n) is 4.53. The number of anilines is 1. The Bertz CT molecular complexity index is 355. The average molecular weight is 214 g/mol. The summed E-state index contributed by atoms with van der Waals surface area (Å²) in [5.74, 6) is -1.98. The normalized spacial score (nSPS) is 9.80. The number of rotatable bonds is 4. The Balaban J connectivity index is 2.51. The van der Waals surface area contributed by atoms with Crippen LogP contribution in [0.4, 0.5) is 14.5 Å². The van der Waals surface area contributed by atoms with Crippen LogP contribution in [0, 0.1) is 11.6 Å². The second-order valence-electron chi connectivity index (χ2n) is 2.95. The van der Waals surface area contributed by atoms with E-state index in [-0.39, 0.29) is 24.6 Å². The summed E-state index contributed by atoms with van der Waals surface area (Å²) in [6.07, 6.45) is 0.215. The number of benzene rings is 1. The van der Waals surface area contributed by atoms with E-state index in [1.54, 1.807) is 0 Å². The maximum Gasteiger partial charge on any atom is 0.221 e. The summed E-state index contributed by atoms with van der Waals surface area (Å²) < 4.78 is 25.8. The van der Waals surface area contributed by atoms with Gasteiger partial charge in [0.1, 0.15) is 0 Å². The molecular formula is C10H12F2N2O. The van der Waals surface area contributed by atoms with Gasteiger partial charge in [-0.1, -0.05) is 6.07 Å². The van der Waals surface area contributed by atoms with Gasteiger partial charge in [-0.05, 0) is 12.1 Å². The molecule has 5 heteroatoms. The zero-order valence-electron chi connectivity index (χ0n) is 8.31. The van der Waals surface area contributed by atoms with E-state index in [1.807, 2.05) is 0 Å². The first-order valence-corrected chi connectivity index (χ1v) is 4.53. The Hall–Kier alpha value is -1.65. The molecule has 1 aromatic carbocycles. The predicted molar refractivity (Wildman–Crippen MR) is 53.5 cm³/mol. The van der Waals surface area contributed by atoms with E-state index in [9.17, 15) is 13.6 Å². The van der Waals surface area contributed by atoms with Crippen LogP contribution in [0.1, 0.15) is 6.42 Å². The fraction of sp³-hybridized carbons (Fsp3) is 0.300. The molecule has 82 valence electrons. The largest absolute Gasteiger partial charge is 0.382 e. The van der Waals surface area contributed by atoms with Gasteiger partial charge in [-0.25, -0.2) is 8.78 Å². The van der Waals surface area contributed by atoms with Crippen LogP contribution in [0.15, 0.2) is 18.2 Å². The molecule has 0 aliphatic carbocycles. The minimum Gasteiger partial charge on any atom is -0.382 e. The summed E-state index contributed by atoms with van der Waals surface area (Å²) >= 11 is 0. The fourth-order valence-corrected chi connectivity index (χ4v) is 1.08. The molecule has 0 aliphatic heterocycles. The van der Waals surface area contributed by atoms with Gasteiger partial charge in [0.05, 0.1) is 5.69 Å². The monoisotopic (exact) mass is 214 g/mol. The molecule has 0 unspecified atom stereocenters. The Morgan fingerprint density at radius 3 is 2.80 bits per heavy atom. The van der Waals surface area contributed by atoms with Crippen LogP contribution in [0.2, 0.25) is 0 Å². The van der Waals surface area contributed by atoms with E-state index in [2.05, 4.69) is 10.6 Å². The lowest BCUT2D eigenvalue weighted by molar-refractivity contribution is -0.120. The van der Waals surface area contributed by atoms with Crippen molar-refractivity contribution in [2.45, 2.75) is 6.42 Å². The van der Waals surface area contributed by atoms with Gasteiger partial charge in [-0.3, -0.25) is 4.79 Å². The minimum atomic E-state index is -0.922. The van der Waals surface area contributed by atoms with Crippen molar-refractivity contribution in [3.05, 3.63) is 29.8 Å². The second kappa shape index (κ2) is 5.29. The number of hydrogen-bond donors (Lipinski definition) is 2. The number of halogens is 2. The lowest BCUT2D eigenvalue weighted by Gasteiger charge is -2.06. The van der Waals surface area contributed by atoms with E-state index in [1.165, 1.54) is 19.2 Å². The van der Waals surface area contributed by atoms with Gasteiger partial charge >= 0.3 is 0 Å². The van der Waals surface area contributed by atoms with E-state index >= 15 is 0 Å². The van der Waals surface area contributed by atoms with Crippen molar-refractivity contribution >= 4 is 11.6 Å². The van der Waals surface area contributed by atoms with Crippen molar-refractivity contribution in [2.75, 3.05) is 18.9 Å². The Kier molecular flexibility index (Phi) is 4.03. The molecule has 0 aromatic heterocycles. The molecule has 0 atom stereocenters. The first-order chi connectivity index (χ1) is 7.15. The van der Waals surface area contributed by atoms with Crippen LogP contribution >= 0.6 is 0 Å². The quantitative estimate of drug-likeness (QED) is 0.797. The maximum atomic E-state index is 13.1. The number of nitrogens with one attached hydrogen (secondary N) is 2. The van der Waals surface area contributed by atoms with Gasteiger partial charge in [0.2, 0.25) is 5.91 Å². The van der Waals surface area contributed by atoms with Gasteiger partial charge in [0, 0.05) is 20.0 Å². The van der Waals surface area contributed by atoms with Crippen LogP contribution in [0.25, 0.3) is 0 Å². The minimum absolute atomic E-state index is 0.0684. The van der Waals surface area contributed by atoms with Crippen molar-refractivity contribution in [2.24, 2.45) is 0 Å². The van der Waals surface area contributed by atoms with Crippen molar-refractivity contribution < 1.29 is 13.6 Å². The highest BCUT2D eigenvalue weighted by Crippen LogP contribution is 2.16. The highest BCUT2D eigenvalue weighted by molar-refractivity contribution is 5.76. The third kappa shape index (κ3) is 3.19. The van der Waals surface area contributed by atoms with E-state index < -0.39 is 11.6 Å². The summed E-state index contributed by atoms with van der Waals surface area (Å²) in [4.78, 5) is 10.8. The molecule has 0 saturated heterocycles. The molecule has 0 aliphatic rings. The molecule has 2 N–H and O–H groups in total. The number of hydrogen-bond acceptors (Lipinski definition) is 2. The molecule has 3 nitrogen and oxygen atoms in total. The van der Waals surface area contributed by atoms with Crippen LogP contribution in [0.3, 0.4) is 0 Å². The molecular weight excluding hydrogens is 202 g/mol. The standard InChI is InChI=1S/C10H12F2N2O/c1-13-9(15)5-6-14-8-4-2-3-7(11)10(8)12/h2-4,14H,5-6H2,1H3,(H,13,15). The highest BCUT2D eigenvalue weighted by atomic mass is 19.2. The second-order valence-corrected chi connectivity index (χ2v) is 2.95. The summed E-state index contributed by atoms with van der Waals surface area (Å²) in [7, 11) is 1.52. The van der Waals surface area contributed by atoms with E-state index in [4.69, 9.17) is 0 Å². The van der Waals surface area contributed by atoms with Gasteiger partial charge in [0.15, 0.2) is 11.6 Å². The Labute approximate surface area is 86.5 Å². The van der Waals surface area contributed by atoms with Gasteiger partial charge in [-0.15, -0.1) is 0 Å². The zero-order chi connectivity index (χ0) is 11.3. The topological polar surface area (TPSA) is 41.1 Å². The maximum absolute atomic E-state index is 13.1. The van der Waals surface area contributed by atoms with Crippen LogP contribution < -0.4 is 10.6 Å². The van der Waals surface area contributed by atoms with E-state index in [0.717, 1.165) is 6.07 Å². The van der Waals surface area contributed by atoms with Crippen molar-refractivity contribution in [1.82, 2.24) is 5.32 Å². The van der Waals surface area contributed by atoms with Crippen LogP contribution in [-0.4, -0.2) is 19.5 Å².